The van der Waals surface area contributed by atoms with Gasteiger partial charge < -0.3 is 0 Å². The molecule has 0 amide bonds. The van der Waals surface area contributed by atoms with E-state index in [2.05, 4.69) is 0 Å². The number of halogens is 1. The fourth-order valence-electron chi connectivity index (χ4n) is 0. The summed E-state index contributed by atoms with van der Waals surface area (Å²) in [6.07, 6.45) is 0. The Balaban J connectivity index is -0.00000000500. The van der Waals surface area contributed by atoms with E-state index in [4.69, 9.17) is 3.80 Å². The fraction of sp³-hybridized carbons (Fsp3) is 0. The Morgan fingerprint density at radius 3 is 1.25 bits per heavy atom. The van der Waals surface area contributed by atoms with Crippen molar-refractivity contribution in [2.45, 2.75) is 0 Å². The van der Waals surface area contributed by atoms with Gasteiger partial charge in [0.2, 0.25) is 0 Å². The molecule has 4 heavy (non-hydrogen) atoms. The Hall–Kier alpha value is 0.782. The predicted molar refractivity (Wildman–Crippen MR) is 3.19 cm³/mol. The molecule has 0 heterocycles. The van der Waals surface area contributed by atoms with E-state index in [0.29, 0.717) is 0 Å². The Labute approximate surface area is 42.2 Å². The van der Waals surface area contributed by atoms with Gasteiger partial charge in [0, 0.05) is 17.1 Å². The summed E-state index contributed by atoms with van der Waals surface area (Å²) in [5.74, 6) is 0. The zero-order valence-corrected chi connectivity index (χ0v) is 3.74. The van der Waals surface area contributed by atoms with Crippen molar-refractivity contribution >= 4 is 0 Å². The second kappa shape index (κ2) is 47.9. The molecular weight excluding hydrogens is 151 g/mol. The van der Waals surface area contributed by atoms with Crippen molar-refractivity contribution in [2.75, 3.05) is 0 Å². The molecule has 0 aliphatic rings. The third-order valence-electron chi connectivity index (χ3n) is 0. The molecule has 0 rings (SSSR count). The summed E-state index contributed by atoms with van der Waals surface area (Å²) in [6.45, 7) is 0. The van der Waals surface area contributed by atoms with Gasteiger partial charge >= 0.3 is 20.0 Å². The average Bonchev–Trinajstić information content (AvgIpc) is 1.00. The van der Waals surface area contributed by atoms with E-state index in [1.807, 2.05) is 0 Å². The first-order chi connectivity index (χ1) is 1.00. The zero-order valence-electron chi connectivity index (χ0n) is 1.53. The minimum atomic E-state index is 0. The number of hydrogen-bond donors (Lipinski definition) is 0. The van der Waals surface area contributed by atoms with Crippen LogP contribution >= 0.6 is 0 Å². The van der Waals surface area contributed by atoms with Crippen LogP contribution in [-0.2, 0) is 37.1 Å². The SMILES string of the molecule is F.[Cu].[O]=[Cr]. The molecular formula is HCrCuFO. The van der Waals surface area contributed by atoms with Crippen molar-refractivity contribution in [3.63, 3.8) is 0 Å². The van der Waals surface area contributed by atoms with Crippen molar-refractivity contribution in [3.8, 4) is 0 Å². The monoisotopic (exact) mass is 151 g/mol. The van der Waals surface area contributed by atoms with E-state index in [1.165, 1.54) is 16.2 Å². The molecule has 1 nitrogen and oxygen atoms in total. The van der Waals surface area contributed by atoms with Crippen LogP contribution in [0.4, 0.5) is 4.70 Å². The Bertz CT molecular complexity index is 8.00. The topological polar surface area (TPSA) is 17.1 Å². The molecule has 0 saturated carbocycles. The van der Waals surface area contributed by atoms with E-state index in [9.17, 15) is 0 Å². The molecule has 0 unspecified atom stereocenters. The number of hydrogen-bond acceptors (Lipinski definition) is 1. The van der Waals surface area contributed by atoms with Crippen LogP contribution in [0.1, 0.15) is 0 Å². The van der Waals surface area contributed by atoms with Crippen LogP contribution in [0.2, 0.25) is 0 Å². The van der Waals surface area contributed by atoms with Crippen molar-refractivity contribution in [1.82, 2.24) is 0 Å². The second-order valence-electron chi connectivity index (χ2n) is 0. The van der Waals surface area contributed by atoms with Gasteiger partial charge in [-0.3, -0.25) is 4.70 Å². The molecule has 0 aromatic carbocycles. The summed E-state index contributed by atoms with van der Waals surface area (Å²) >= 11 is 1.38. The van der Waals surface area contributed by atoms with Crippen LogP contribution in [0.5, 0.6) is 0 Å². The molecule has 0 fully saturated rings. The van der Waals surface area contributed by atoms with E-state index >= 15 is 0 Å². The summed E-state index contributed by atoms with van der Waals surface area (Å²) in [4.78, 5) is 0. The summed E-state index contributed by atoms with van der Waals surface area (Å²) in [5, 5.41) is 0. The van der Waals surface area contributed by atoms with Gasteiger partial charge in [0.1, 0.15) is 0 Å². The zero-order chi connectivity index (χ0) is 2.00. The Morgan fingerprint density at radius 1 is 1.25 bits per heavy atom. The van der Waals surface area contributed by atoms with Crippen LogP contribution in [0, 0.1) is 0 Å². The van der Waals surface area contributed by atoms with E-state index in [-0.39, 0.29) is 21.8 Å². The molecule has 4 heteroatoms. The third kappa shape index (κ3) is 14.4. The molecule has 0 aliphatic heterocycles. The van der Waals surface area contributed by atoms with Crippen LogP contribution in [0.25, 0.3) is 0 Å². The first-order valence-electron chi connectivity index (χ1n) is 0.167. The normalized spacial score (nSPS) is 1.00. The van der Waals surface area contributed by atoms with E-state index < -0.39 is 0 Å². The standard InChI is InChI=1S/Cr.Cu.FH.O/h;;1H;. The first kappa shape index (κ1) is 21.5. The van der Waals surface area contributed by atoms with Crippen LogP contribution < -0.4 is 0 Å². The van der Waals surface area contributed by atoms with Gasteiger partial charge in [0.15, 0.2) is 0 Å². The second-order valence-corrected chi connectivity index (χ2v) is 0. The molecule has 0 saturated heterocycles. The summed E-state index contributed by atoms with van der Waals surface area (Å²) in [7, 11) is 0. The van der Waals surface area contributed by atoms with Gasteiger partial charge in [-0.05, 0) is 0 Å². The molecule has 0 bridgehead atoms. The molecule has 0 aliphatic carbocycles. The van der Waals surface area contributed by atoms with Crippen molar-refractivity contribution in [1.29, 1.82) is 0 Å². The van der Waals surface area contributed by atoms with Crippen molar-refractivity contribution < 1.29 is 41.8 Å². The van der Waals surface area contributed by atoms with Crippen LogP contribution in [-0.4, -0.2) is 0 Å². The molecule has 1 radical (unpaired) electrons. The maximum absolute atomic E-state index is 8.12. The van der Waals surface area contributed by atoms with Crippen LogP contribution in [0.15, 0.2) is 0 Å². The van der Waals surface area contributed by atoms with Crippen molar-refractivity contribution in [2.24, 2.45) is 0 Å². The van der Waals surface area contributed by atoms with Gasteiger partial charge in [-0.25, -0.2) is 0 Å². The molecule has 0 spiro atoms. The van der Waals surface area contributed by atoms with Crippen LogP contribution in [0.3, 0.4) is 0 Å². The van der Waals surface area contributed by atoms with Crippen molar-refractivity contribution in [3.05, 3.63) is 0 Å². The van der Waals surface area contributed by atoms with E-state index in [0.717, 1.165) is 0 Å². The van der Waals surface area contributed by atoms with Gasteiger partial charge in [-0.15, -0.1) is 0 Å². The van der Waals surface area contributed by atoms with E-state index in [1.54, 1.807) is 0 Å². The molecule has 0 aromatic heterocycles. The summed E-state index contributed by atoms with van der Waals surface area (Å²) < 4.78 is 8.12. The molecule has 0 aromatic rings. The quantitative estimate of drug-likeness (QED) is 0.447. The van der Waals surface area contributed by atoms with Gasteiger partial charge in [-0.2, -0.15) is 0 Å². The summed E-state index contributed by atoms with van der Waals surface area (Å²) in [6, 6.07) is 0. The third-order valence-corrected chi connectivity index (χ3v) is 0. The number of rotatable bonds is 0. The Morgan fingerprint density at radius 2 is 1.25 bits per heavy atom. The Kier molecular flexibility index (Phi) is 258. The minimum absolute atomic E-state index is 0. The van der Waals surface area contributed by atoms with Gasteiger partial charge in [0.25, 0.3) is 0 Å². The average molecular weight is 152 g/mol. The molecule has 0 N–H and O–H groups in total. The molecule has 0 atom stereocenters. The predicted octanol–water partition coefficient (Wildman–Crippen LogP) is 0.0287. The fourth-order valence-corrected chi connectivity index (χ4v) is 0. The van der Waals surface area contributed by atoms with Gasteiger partial charge in [-0.1, -0.05) is 0 Å². The summed E-state index contributed by atoms with van der Waals surface area (Å²) in [5.41, 5.74) is 0. The maximum atomic E-state index is 8.12. The first-order valence-corrected chi connectivity index (χ1v) is 0.687. The van der Waals surface area contributed by atoms with Gasteiger partial charge in [0.05, 0.1) is 0 Å². The molecule has 31 valence electrons.